The fourth-order valence-electron chi connectivity index (χ4n) is 1.18. The Bertz CT molecular complexity index is 559. The lowest BCUT2D eigenvalue weighted by molar-refractivity contribution is 0.509. The summed E-state index contributed by atoms with van der Waals surface area (Å²) >= 11 is 0. The molecule has 2 aromatic rings. The van der Waals surface area contributed by atoms with E-state index in [-0.39, 0.29) is 17.5 Å². The Labute approximate surface area is 94.3 Å². The summed E-state index contributed by atoms with van der Waals surface area (Å²) in [6.45, 7) is 0. The fourth-order valence-corrected chi connectivity index (χ4v) is 1.18. The van der Waals surface area contributed by atoms with E-state index in [4.69, 9.17) is 5.73 Å². The van der Waals surface area contributed by atoms with Gasteiger partial charge in [0.1, 0.15) is 0 Å². The van der Waals surface area contributed by atoms with Gasteiger partial charge in [-0.1, -0.05) is 0 Å². The zero-order chi connectivity index (χ0) is 12.4. The Balaban J connectivity index is 2.31. The molecule has 4 nitrogen and oxygen atoms in total. The SMILES string of the molecule is Nc1ncc(F)c(Nc2ccc(F)c(F)c2)n1. The van der Waals surface area contributed by atoms with Gasteiger partial charge < -0.3 is 11.1 Å². The van der Waals surface area contributed by atoms with Gasteiger partial charge >= 0.3 is 0 Å². The summed E-state index contributed by atoms with van der Waals surface area (Å²) in [5.41, 5.74) is 5.43. The van der Waals surface area contributed by atoms with E-state index in [1.165, 1.54) is 6.07 Å². The summed E-state index contributed by atoms with van der Waals surface area (Å²) in [6, 6.07) is 3.04. The molecule has 0 saturated heterocycles. The normalized spacial score (nSPS) is 10.3. The van der Waals surface area contributed by atoms with Crippen LogP contribution in [0.3, 0.4) is 0 Å². The molecule has 0 saturated carbocycles. The molecule has 7 heteroatoms. The van der Waals surface area contributed by atoms with Crippen LogP contribution in [0.1, 0.15) is 0 Å². The maximum Gasteiger partial charge on any atom is 0.222 e. The molecule has 2 rings (SSSR count). The lowest BCUT2D eigenvalue weighted by Crippen LogP contribution is -2.02. The van der Waals surface area contributed by atoms with Crippen molar-refractivity contribution in [3.8, 4) is 0 Å². The van der Waals surface area contributed by atoms with Crippen LogP contribution in [0.4, 0.5) is 30.6 Å². The summed E-state index contributed by atoms with van der Waals surface area (Å²) in [6.07, 6.45) is 0.880. The van der Waals surface area contributed by atoms with Crippen LogP contribution >= 0.6 is 0 Å². The minimum absolute atomic E-state index is 0.128. The van der Waals surface area contributed by atoms with Crippen LogP contribution in [0.5, 0.6) is 0 Å². The average Bonchev–Trinajstić information content (AvgIpc) is 2.29. The Morgan fingerprint density at radius 3 is 2.53 bits per heavy atom. The molecule has 0 fully saturated rings. The summed E-state index contributed by atoms with van der Waals surface area (Å²) < 4.78 is 38.8. The molecule has 3 N–H and O–H groups in total. The largest absolute Gasteiger partial charge is 0.368 e. The summed E-state index contributed by atoms with van der Waals surface area (Å²) in [4.78, 5) is 7.01. The zero-order valence-electron chi connectivity index (χ0n) is 8.42. The van der Waals surface area contributed by atoms with Crippen molar-refractivity contribution in [1.82, 2.24) is 9.97 Å². The van der Waals surface area contributed by atoms with E-state index >= 15 is 0 Å². The van der Waals surface area contributed by atoms with E-state index in [2.05, 4.69) is 15.3 Å². The van der Waals surface area contributed by atoms with Gasteiger partial charge in [-0.15, -0.1) is 0 Å². The first kappa shape index (κ1) is 11.2. The van der Waals surface area contributed by atoms with E-state index < -0.39 is 17.5 Å². The van der Waals surface area contributed by atoms with Gasteiger partial charge in [0.2, 0.25) is 5.95 Å². The molecule has 0 aliphatic heterocycles. The summed E-state index contributed by atoms with van der Waals surface area (Å²) in [5.74, 6) is -3.11. The fraction of sp³-hybridized carbons (Fsp3) is 0. The molecule has 0 radical (unpaired) electrons. The minimum atomic E-state index is -1.04. The third kappa shape index (κ3) is 2.44. The van der Waals surface area contributed by atoms with Gasteiger partial charge in [0, 0.05) is 11.8 Å². The van der Waals surface area contributed by atoms with E-state index in [1.807, 2.05) is 0 Å². The summed E-state index contributed by atoms with van der Waals surface area (Å²) in [5, 5.41) is 2.47. The number of hydrogen-bond donors (Lipinski definition) is 2. The topological polar surface area (TPSA) is 63.8 Å². The molecule has 0 amide bonds. The number of nitrogens with zero attached hydrogens (tertiary/aromatic N) is 2. The minimum Gasteiger partial charge on any atom is -0.368 e. The Hall–Kier alpha value is -2.31. The van der Waals surface area contributed by atoms with E-state index in [0.29, 0.717) is 0 Å². The van der Waals surface area contributed by atoms with Crippen molar-refractivity contribution in [2.24, 2.45) is 0 Å². The van der Waals surface area contributed by atoms with Gasteiger partial charge in [-0.05, 0) is 12.1 Å². The second-order valence-electron chi connectivity index (χ2n) is 3.18. The zero-order valence-corrected chi connectivity index (χ0v) is 8.42. The van der Waals surface area contributed by atoms with Gasteiger partial charge in [-0.25, -0.2) is 18.2 Å². The molecular formula is C10H7F3N4. The van der Waals surface area contributed by atoms with Gasteiger partial charge in [-0.3, -0.25) is 0 Å². The number of benzene rings is 1. The first-order valence-electron chi connectivity index (χ1n) is 4.56. The van der Waals surface area contributed by atoms with Crippen LogP contribution in [0.15, 0.2) is 24.4 Å². The predicted molar refractivity (Wildman–Crippen MR) is 56.0 cm³/mol. The van der Waals surface area contributed by atoms with Crippen LogP contribution in [0, 0.1) is 17.5 Å². The van der Waals surface area contributed by atoms with E-state index in [1.54, 1.807) is 0 Å². The van der Waals surface area contributed by atoms with Gasteiger partial charge in [0.05, 0.1) is 6.20 Å². The van der Waals surface area contributed by atoms with Crippen molar-refractivity contribution in [1.29, 1.82) is 0 Å². The predicted octanol–water partition coefficient (Wildman–Crippen LogP) is 2.22. The molecule has 17 heavy (non-hydrogen) atoms. The quantitative estimate of drug-likeness (QED) is 0.844. The van der Waals surface area contributed by atoms with Gasteiger partial charge in [0.15, 0.2) is 23.3 Å². The standard InChI is InChI=1S/C10H7F3N4/c11-6-2-1-5(3-7(6)12)16-9-8(13)4-15-10(14)17-9/h1-4H,(H3,14,15,16,17). The highest BCUT2D eigenvalue weighted by atomic mass is 19.2. The van der Waals surface area contributed by atoms with Crippen molar-refractivity contribution in [2.45, 2.75) is 0 Å². The lowest BCUT2D eigenvalue weighted by Gasteiger charge is -2.06. The Kier molecular flexibility index (Phi) is 2.82. The highest BCUT2D eigenvalue weighted by Gasteiger charge is 2.07. The third-order valence-electron chi connectivity index (χ3n) is 1.95. The molecule has 0 aliphatic carbocycles. The number of aromatic nitrogens is 2. The molecule has 1 aromatic heterocycles. The van der Waals surface area contributed by atoms with Crippen LogP contribution in [-0.4, -0.2) is 9.97 Å². The molecule has 0 aliphatic rings. The van der Waals surface area contributed by atoms with E-state index in [0.717, 1.165) is 18.3 Å². The van der Waals surface area contributed by atoms with Crippen molar-refractivity contribution in [3.05, 3.63) is 41.8 Å². The van der Waals surface area contributed by atoms with Gasteiger partial charge in [-0.2, -0.15) is 4.98 Å². The number of anilines is 3. The molecule has 0 bridgehead atoms. The Morgan fingerprint density at radius 2 is 1.82 bits per heavy atom. The average molecular weight is 240 g/mol. The third-order valence-corrected chi connectivity index (χ3v) is 1.95. The van der Waals surface area contributed by atoms with E-state index in [9.17, 15) is 13.2 Å². The van der Waals surface area contributed by atoms with Crippen molar-refractivity contribution in [3.63, 3.8) is 0 Å². The number of rotatable bonds is 2. The maximum atomic E-state index is 13.2. The highest BCUT2D eigenvalue weighted by molar-refractivity contribution is 5.57. The number of hydrogen-bond acceptors (Lipinski definition) is 4. The number of nitrogen functional groups attached to an aromatic ring is 1. The van der Waals surface area contributed by atoms with Crippen molar-refractivity contribution in [2.75, 3.05) is 11.1 Å². The monoisotopic (exact) mass is 240 g/mol. The van der Waals surface area contributed by atoms with Crippen LogP contribution in [0.2, 0.25) is 0 Å². The number of nitrogens with one attached hydrogen (secondary N) is 1. The van der Waals surface area contributed by atoms with Crippen molar-refractivity contribution >= 4 is 17.5 Å². The van der Waals surface area contributed by atoms with Crippen molar-refractivity contribution < 1.29 is 13.2 Å². The van der Waals surface area contributed by atoms with Crippen LogP contribution in [0.25, 0.3) is 0 Å². The molecule has 88 valence electrons. The molecule has 1 aromatic carbocycles. The van der Waals surface area contributed by atoms with Crippen LogP contribution < -0.4 is 11.1 Å². The highest BCUT2D eigenvalue weighted by Crippen LogP contribution is 2.19. The second kappa shape index (κ2) is 4.28. The maximum absolute atomic E-state index is 13.2. The number of halogens is 3. The smallest absolute Gasteiger partial charge is 0.222 e. The molecule has 0 atom stereocenters. The van der Waals surface area contributed by atoms with Crippen LogP contribution in [-0.2, 0) is 0 Å². The van der Waals surface area contributed by atoms with Gasteiger partial charge in [0.25, 0.3) is 0 Å². The first-order valence-corrected chi connectivity index (χ1v) is 4.56. The second-order valence-corrected chi connectivity index (χ2v) is 3.18. The molecule has 1 heterocycles. The summed E-state index contributed by atoms with van der Waals surface area (Å²) in [7, 11) is 0. The molecular weight excluding hydrogens is 233 g/mol. The number of nitrogens with two attached hydrogens (primary N) is 1. The first-order chi connectivity index (χ1) is 8.06. The molecule has 0 unspecified atom stereocenters. The molecule has 0 spiro atoms. The Morgan fingerprint density at radius 1 is 1.06 bits per heavy atom. The lowest BCUT2D eigenvalue weighted by atomic mass is 10.3.